The number of benzene rings is 2. The summed E-state index contributed by atoms with van der Waals surface area (Å²) in [7, 11) is 4.71. The van der Waals surface area contributed by atoms with Gasteiger partial charge in [-0.05, 0) is 40.2 Å². The third-order valence-electron chi connectivity index (χ3n) is 3.76. The van der Waals surface area contributed by atoms with Crippen LogP contribution >= 0.6 is 15.9 Å². The number of methoxy groups -OCH3 is 3. The molecule has 0 fully saturated rings. The summed E-state index contributed by atoms with van der Waals surface area (Å²) >= 11 is 3.46. The lowest BCUT2D eigenvalue weighted by molar-refractivity contribution is 0.0450. The molecule has 1 aliphatic rings. The summed E-state index contributed by atoms with van der Waals surface area (Å²) in [6.07, 6.45) is -0.616. The van der Waals surface area contributed by atoms with E-state index in [2.05, 4.69) is 15.9 Å². The Morgan fingerprint density at radius 3 is 2.52 bits per heavy atom. The van der Waals surface area contributed by atoms with E-state index in [0.29, 0.717) is 38.4 Å². The van der Waals surface area contributed by atoms with Gasteiger partial charge in [-0.2, -0.15) is 0 Å². The highest BCUT2D eigenvalue weighted by Gasteiger charge is 2.37. The molecule has 0 spiro atoms. The summed E-state index contributed by atoms with van der Waals surface area (Å²) < 4.78 is 22.5. The molecule has 1 heterocycles. The fourth-order valence-corrected chi connectivity index (χ4v) is 3.35. The average Bonchev–Trinajstić information content (AvgIpc) is 2.91. The molecule has 0 aliphatic carbocycles. The van der Waals surface area contributed by atoms with Crippen molar-refractivity contribution in [1.29, 1.82) is 0 Å². The number of halogens is 1. The summed E-state index contributed by atoms with van der Waals surface area (Å²) in [5, 5.41) is 0. The molecule has 0 saturated carbocycles. The molecule has 0 aromatic heterocycles. The van der Waals surface area contributed by atoms with E-state index < -0.39 is 6.10 Å². The van der Waals surface area contributed by atoms with Crippen LogP contribution in [0.2, 0.25) is 0 Å². The zero-order valence-corrected chi connectivity index (χ0v) is 14.5. The lowest BCUT2D eigenvalue weighted by Gasteiger charge is -2.19. The molecule has 3 rings (SSSR count). The van der Waals surface area contributed by atoms with Crippen LogP contribution < -0.4 is 14.2 Å². The molecule has 0 N–H and O–H groups in total. The van der Waals surface area contributed by atoms with E-state index in [1.54, 1.807) is 51.7 Å². The molecule has 0 saturated heterocycles. The van der Waals surface area contributed by atoms with E-state index in [1.807, 2.05) is 0 Å². The van der Waals surface area contributed by atoms with E-state index in [0.717, 1.165) is 0 Å². The van der Waals surface area contributed by atoms with Crippen molar-refractivity contribution in [3.8, 4) is 17.2 Å². The van der Waals surface area contributed by atoms with E-state index in [-0.39, 0.29) is 5.97 Å². The fraction of sp³-hybridized carbons (Fsp3) is 0.235. The van der Waals surface area contributed by atoms with E-state index in [1.165, 1.54) is 0 Å². The Bertz CT molecular complexity index is 772. The van der Waals surface area contributed by atoms with Gasteiger partial charge in [-0.15, -0.1) is 0 Å². The van der Waals surface area contributed by atoms with Crippen LogP contribution in [0.3, 0.4) is 0 Å². The standard InChI is InChI=1S/C17H15BrO5/c1-20-9-7-11(15(22-3)12(18)8-9)16-14-10(17(19)23-16)5-4-6-13(14)21-2/h4-8,16H,1-3H3. The number of ether oxygens (including phenoxy) is 4. The topological polar surface area (TPSA) is 54.0 Å². The summed E-state index contributed by atoms with van der Waals surface area (Å²) in [5.41, 5.74) is 1.88. The normalized spacial score (nSPS) is 15.8. The van der Waals surface area contributed by atoms with Crippen molar-refractivity contribution in [2.24, 2.45) is 0 Å². The van der Waals surface area contributed by atoms with Crippen LogP contribution in [0.4, 0.5) is 0 Å². The van der Waals surface area contributed by atoms with Gasteiger partial charge in [0.15, 0.2) is 6.10 Å². The number of carbonyl (C=O) groups is 1. The Kier molecular flexibility index (Phi) is 4.17. The van der Waals surface area contributed by atoms with Gasteiger partial charge in [0.05, 0.1) is 36.9 Å². The van der Waals surface area contributed by atoms with Crippen LogP contribution in [0.15, 0.2) is 34.8 Å². The Labute approximate surface area is 142 Å². The molecule has 6 heteroatoms. The first-order valence-corrected chi connectivity index (χ1v) is 7.69. The quantitative estimate of drug-likeness (QED) is 0.758. The molecule has 1 unspecified atom stereocenters. The SMILES string of the molecule is COc1cc(Br)c(OC)c(C2OC(=O)c3cccc(OC)c32)c1. The Balaban J connectivity index is 2.23. The maximum Gasteiger partial charge on any atom is 0.339 e. The lowest BCUT2D eigenvalue weighted by Crippen LogP contribution is -2.05. The minimum atomic E-state index is -0.616. The number of esters is 1. The van der Waals surface area contributed by atoms with Crippen molar-refractivity contribution in [1.82, 2.24) is 0 Å². The zero-order chi connectivity index (χ0) is 16.6. The highest BCUT2D eigenvalue weighted by atomic mass is 79.9. The number of fused-ring (bicyclic) bond motifs is 1. The van der Waals surface area contributed by atoms with Crippen molar-refractivity contribution >= 4 is 21.9 Å². The van der Waals surface area contributed by atoms with Crippen LogP contribution in [0.1, 0.15) is 27.6 Å². The molecule has 23 heavy (non-hydrogen) atoms. The highest BCUT2D eigenvalue weighted by Crippen LogP contribution is 2.47. The Hall–Kier alpha value is -2.21. The zero-order valence-electron chi connectivity index (χ0n) is 12.9. The Morgan fingerprint density at radius 2 is 1.87 bits per heavy atom. The van der Waals surface area contributed by atoms with Crippen molar-refractivity contribution in [3.63, 3.8) is 0 Å². The van der Waals surface area contributed by atoms with Gasteiger partial charge in [0.2, 0.25) is 0 Å². The molecule has 1 aliphatic heterocycles. The monoisotopic (exact) mass is 378 g/mol. The Morgan fingerprint density at radius 1 is 1.09 bits per heavy atom. The molecule has 120 valence electrons. The fourth-order valence-electron chi connectivity index (χ4n) is 2.74. The van der Waals surface area contributed by atoms with Gasteiger partial charge in [0.1, 0.15) is 17.2 Å². The first kappa shape index (κ1) is 15.7. The molecule has 0 radical (unpaired) electrons. The van der Waals surface area contributed by atoms with Gasteiger partial charge in [0, 0.05) is 5.56 Å². The van der Waals surface area contributed by atoms with Crippen LogP contribution in [0.5, 0.6) is 17.2 Å². The number of cyclic esters (lactones) is 1. The molecular weight excluding hydrogens is 364 g/mol. The first-order valence-electron chi connectivity index (χ1n) is 6.90. The molecule has 5 nitrogen and oxygen atoms in total. The molecule has 0 amide bonds. The molecule has 2 aromatic carbocycles. The van der Waals surface area contributed by atoms with E-state index in [9.17, 15) is 4.79 Å². The van der Waals surface area contributed by atoms with Gasteiger partial charge in [-0.3, -0.25) is 0 Å². The van der Waals surface area contributed by atoms with E-state index in [4.69, 9.17) is 18.9 Å². The van der Waals surface area contributed by atoms with Gasteiger partial charge >= 0.3 is 5.97 Å². The highest BCUT2D eigenvalue weighted by molar-refractivity contribution is 9.10. The van der Waals surface area contributed by atoms with E-state index >= 15 is 0 Å². The van der Waals surface area contributed by atoms with Gasteiger partial charge in [-0.1, -0.05) is 6.07 Å². The molecule has 0 bridgehead atoms. The predicted molar refractivity (Wildman–Crippen MR) is 87.5 cm³/mol. The molecule has 1 atom stereocenters. The number of hydrogen-bond donors (Lipinski definition) is 0. The summed E-state index contributed by atoms with van der Waals surface area (Å²) in [5.74, 6) is 1.43. The summed E-state index contributed by atoms with van der Waals surface area (Å²) in [6, 6.07) is 8.88. The number of carbonyl (C=O) groups excluding carboxylic acids is 1. The largest absolute Gasteiger partial charge is 0.497 e. The molecular formula is C17H15BrO5. The van der Waals surface area contributed by atoms with Crippen molar-refractivity contribution in [3.05, 3.63) is 51.5 Å². The van der Waals surface area contributed by atoms with Crippen LogP contribution in [-0.2, 0) is 4.74 Å². The van der Waals surface area contributed by atoms with Gasteiger partial charge < -0.3 is 18.9 Å². The summed E-state index contributed by atoms with van der Waals surface area (Å²) in [4.78, 5) is 12.2. The van der Waals surface area contributed by atoms with Crippen molar-refractivity contribution < 1.29 is 23.7 Å². The third kappa shape index (κ3) is 2.53. The molecule has 2 aromatic rings. The lowest BCUT2D eigenvalue weighted by atomic mass is 9.97. The minimum absolute atomic E-state index is 0.384. The van der Waals surface area contributed by atoms with Gasteiger partial charge in [0.25, 0.3) is 0 Å². The predicted octanol–water partition coefficient (Wildman–Crippen LogP) is 3.73. The second-order valence-electron chi connectivity index (χ2n) is 4.94. The van der Waals surface area contributed by atoms with Crippen molar-refractivity contribution in [2.45, 2.75) is 6.10 Å². The van der Waals surface area contributed by atoms with Crippen molar-refractivity contribution in [2.75, 3.05) is 21.3 Å². The second kappa shape index (κ2) is 6.12. The number of rotatable bonds is 4. The smallest absolute Gasteiger partial charge is 0.339 e. The van der Waals surface area contributed by atoms with Crippen LogP contribution in [0.25, 0.3) is 0 Å². The number of hydrogen-bond acceptors (Lipinski definition) is 5. The summed E-state index contributed by atoms with van der Waals surface area (Å²) in [6.45, 7) is 0. The second-order valence-corrected chi connectivity index (χ2v) is 5.79. The maximum absolute atomic E-state index is 12.2. The minimum Gasteiger partial charge on any atom is -0.497 e. The third-order valence-corrected chi connectivity index (χ3v) is 4.35. The first-order chi connectivity index (χ1) is 11.1. The van der Waals surface area contributed by atoms with Crippen LogP contribution in [0, 0.1) is 0 Å². The average molecular weight is 379 g/mol. The maximum atomic E-state index is 12.2. The van der Waals surface area contributed by atoms with Crippen LogP contribution in [-0.4, -0.2) is 27.3 Å². The van der Waals surface area contributed by atoms with Gasteiger partial charge in [-0.25, -0.2) is 4.79 Å².